The van der Waals surface area contributed by atoms with Gasteiger partial charge in [-0.05, 0) is 6.07 Å². The average molecular weight is 380 g/mol. The van der Waals surface area contributed by atoms with Crippen molar-refractivity contribution >= 4 is 17.5 Å². The number of hydrogen-bond acceptors (Lipinski definition) is 8. The lowest BCUT2D eigenvalue weighted by Crippen LogP contribution is -2.28. The highest BCUT2D eigenvalue weighted by atomic mass is 19.4. The van der Waals surface area contributed by atoms with Crippen LogP contribution in [0, 0.1) is 11.3 Å². The summed E-state index contributed by atoms with van der Waals surface area (Å²) in [4.78, 5) is 15.2. The van der Waals surface area contributed by atoms with Crippen LogP contribution in [0.5, 0.6) is 23.1 Å². The lowest BCUT2D eigenvalue weighted by molar-refractivity contribution is -0.189. The molecule has 0 aliphatic carbocycles. The lowest BCUT2D eigenvalue weighted by Gasteiger charge is -2.24. The number of benzene rings is 1. The first-order valence-corrected chi connectivity index (χ1v) is 7.32. The number of halogens is 3. The fourth-order valence-corrected chi connectivity index (χ4v) is 2.54. The van der Waals surface area contributed by atoms with Crippen LogP contribution < -0.4 is 25.7 Å². The molecule has 27 heavy (non-hydrogen) atoms. The second kappa shape index (κ2) is 6.24. The molecule has 11 heteroatoms. The Balaban J connectivity index is 2.12. The SMILES string of the molecule is COc1ccc2c(c1OC(=O)C(F)(F)F)Oc1nc(N)c(C#N)c(N)c1C2. The number of alkyl halides is 3. The fraction of sp³-hybridized carbons (Fsp3) is 0.188. The summed E-state index contributed by atoms with van der Waals surface area (Å²) in [6.07, 6.45) is -5.14. The monoisotopic (exact) mass is 380 g/mol. The topological polar surface area (TPSA) is 133 Å². The van der Waals surface area contributed by atoms with Gasteiger partial charge in [-0.3, -0.25) is 0 Å². The van der Waals surface area contributed by atoms with Crippen LogP contribution in [-0.4, -0.2) is 24.2 Å². The number of carbonyl (C=O) groups is 1. The Bertz CT molecular complexity index is 999. The number of nitrogen functional groups attached to an aromatic ring is 2. The first-order valence-electron chi connectivity index (χ1n) is 7.32. The van der Waals surface area contributed by atoms with Gasteiger partial charge in [0.25, 0.3) is 0 Å². The second-order valence-electron chi connectivity index (χ2n) is 5.43. The number of ether oxygens (including phenoxy) is 3. The zero-order chi connectivity index (χ0) is 19.9. The van der Waals surface area contributed by atoms with Crippen molar-refractivity contribution in [2.75, 3.05) is 18.6 Å². The molecule has 2 aromatic rings. The van der Waals surface area contributed by atoms with E-state index in [9.17, 15) is 18.0 Å². The van der Waals surface area contributed by atoms with Crippen LogP contribution in [0.15, 0.2) is 12.1 Å². The third-order valence-corrected chi connectivity index (χ3v) is 3.81. The zero-order valence-corrected chi connectivity index (χ0v) is 13.7. The van der Waals surface area contributed by atoms with Gasteiger partial charge in [-0.2, -0.15) is 23.4 Å². The predicted octanol–water partition coefficient (Wildman–Crippen LogP) is 2.29. The van der Waals surface area contributed by atoms with E-state index in [0.29, 0.717) is 11.1 Å². The molecule has 3 rings (SSSR count). The summed E-state index contributed by atoms with van der Waals surface area (Å²) in [5, 5.41) is 9.11. The van der Waals surface area contributed by atoms with Crippen molar-refractivity contribution < 1.29 is 32.2 Å². The molecule has 0 amide bonds. The molecule has 0 saturated carbocycles. The van der Waals surface area contributed by atoms with E-state index in [1.165, 1.54) is 19.2 Å². The number of nitrogens with two attached hydrogens (primary N) is 2. The molecule has 0 fully saturated rings. The van der Waals surface area contributed by atoms with E-state index < -0.39 is 17.9 Å². The first-order chi connectivity index (χ1) is 12.7. The predicted molar refractivity (Wildman–Crippen MR) is 85.3 cm³/mol. The van der Waals surface area contributed by atoms with Gasteiger partial charge >= 0.3 is 12.1 Å². The smallest absolute Gasteiger partial charge is 0.491 e. The molecule has 1 aliphatic rings. The maximum atomic E-state index is 12.6. The summed E-state index contributed by atoms with van der Waals surface area (Å²) >= 11 is 0. The van der Waals surface area contributed by atoms with Gasteiger partial charge in [0, 0.05) is 17.5 Å². The Kier molecular flexibility index (Phi) is 4.19. The molecule has 0 unspecified atom stereocenters. The summed E-state index contributed by atoms with van der Waals surface area (Å²) in [6, 6.07) is 4.65. The van der Waals surface area contributed by atoms with Gasteiger partial charge < -0.3 is 25.7 Å². The molecule has 1 aliphatic heterocycles. The van der Waals surface area contributed by atoms with E-state index in [2.05, 4.69) is 9.72 Å². The van der Waals surface area contributed by atoms with Crippen molar-refractivity contribution in [1.29, 1.82) is 5.26 Å². The Labute approximate surface area is 150 Å². The zero-order valence-electron chi connectivity index (χ0n) is 13.7. The molecule has 0 radical (unpaired) electrons. The minimum atomic E-state index is -5.21. The maximum Gasteiger partial charge on any atom is 0.491 e. The Morgan fingerprint density at radius 1 is 1.37 bits per heavy atom. The summed E-state index contributed by atoms with van der Waals surface area (Å²) in [5.74, 6) is -3.62. The lowest BCUT2D eigenvalue weighted by atomic mass is 9.98. The largest absolute Gasteiger partial charge is 0.493 e. The van der Waals surface area contributed by atoms with Crippen molar-refractivity contribution in [1.82, 2.24) is 4.98 Å². The number of pyridine rings is 1. The van der Waals surface area contributed by atoms with Gasteiger partial charge in [-0.25, -0.2) is 4.79 Å². The van der Waals surface area contributed by atoms with E-state index >= 15 is 0 Å². The highest BCUT2D eigenvalue weighted by molar-refractivity contribution is 5.81. The summed E-state index contributed by atoms with van der Waals surface area (Å²) in [5.41, 5.74) is 12.3. The van der Waals surface area contributed by atoms with Crippen molar-refractivity contribution in [3.8, 4) is 29.2 Å². The standard InChI is InChI=1S/C16H11F3N4O4/c1-25-9-3-2-6-4-7-10(21)8(5-20)13(22)23-14(7)26-11(6)12(9)27-15(24)16(17,18)19/h2-3H,4H2,1H3,(H4,21,22,23). The van der Waals surface area contributed by atoms with Crippen molar-refractivity contribution in [2.24, 2.45) is 0 Å². The van der Waals surface area contributed by atoms with Crippen molar-refractivity contribution in [3.05, 3.63) is 28.8 Å². The van der Waals surface area contributed by atoms with E-state index in [1.54, 1.807) is 0 Å². The minimum absolute atomic E-state index is 0.0296. The van der Waals surface area contributed by atoms with Gasteiger partial charge in [-0.1, -0.05) is 6.07 Å². The Hall–Kier alpha value is -3.68. The van der Waals surface area contributed by atoms with Crippen LogP contribution in [0.1, 0.15) is 16.7 Å². The number of methoxy groups -OCH3 is 1. The molecular formula is C16H11F3N4O4. The molecule has 2 heterocycles. The van der Waals surface area contributed by atoms with Crippen LogP contribution >= 0.6 is 0 Å². The van der Waals surface area contributed by atoms with E-state index in [-0.39, 0.29) is 40.9 Å². The third kappa shape index (κ3) is 3.01. The van der Waals surface area contributed by atoms with E-state index in [0.717, 1.165) is 0 Å². The first kappa shape index (κ1) is 18.1. The van der Waals surface area contributed by atoms with Gasteiger partial charge in [0.15, 0.2) is 11.5 Å². The quantitative estimate of drug-likeness (QED) is 0.511. The summed E-state index contributed by atoms with van der Waals surface area (Å²) in [7, 11) is 1.19. The van der Waals surface area contributed by atoms with Crippen LogP contribution in [0.3, 0.4) is 0 Å². The molecule has 8 nitrogen and oxygen atoms in total. The summed E-state index contributed by atoms with van der Waals surface area (Å²) < 4.78 is 52.7. The van der Waals surface area contributed by atoms with Gasteiger partial charge in [0.2, 0.25) is 11.6 Å². The molecule has 4 N–H and O–H groups in total. The number of nitrogens with zero attached hydrogens (tertiary/aromatic N) is 2. The van der Waals surface area contributed by atoms with Gasteiger partial charge in [-0.15, -0.1) is 0 Å². The molecule has 1 aromatic heterocycles. The number of nitriles is 1. The molecule has 0 atom stereocenters. The van der Waals surface area contributed by atoms with E-state index in [1.807, 2.05) is 6.07 Å². The number of rotatable bonds is 2. The van der Waals surface area contributed by atoms with Gasteiger partial charge in [0.05, 0.1) is 12.8 Å². The molecule has 1 aromatic carbocycles. The normalized spacial score (nSPS) is 12.3. The van der Waals surface area contributed by atoms with Crippen molar-refractivity contribution in [3.63, 3.8) is 0 Å². The fourth-order valence-electron chi connectivity index (χ4n) is 2.54. The third-order valence-electron chi connectivity index (χ3n) is 3.81. The number of aromatic nitrogens is 1. The molecule has 0 spiro atoms. The van der Waals surface area contributed by atoms with Crippen LogP contribution in [0.25, 0.3) is 0 Å². The van der Waals surface area contributed by atoms with Gasteiger partial charge in [0.1, 0.15) is 17.5 Å². The Morgan fingerprint density at radius 2 is 2.07 bits per heavy atom. The number of anilines is 2. The minimum Gasteiger partial charge on any atom is -0.493 e. The number of hydrogen-bond donors (Lipinski definition) is 2. The highest BCUT2D eigenvalue weighted by Gasteiger charge is 2.43. The number of carbonyl (C=O) groups excluding carboxylic acids is 1. The van der Waals surface area contributed by atoms with Crippen molar-refractivity contribution in [2.45, 2.75) is 12.6 Å². The van der Waals surface area contributed by atoms with Crippen LogP contribution in [0.4, 0.5) is 24.7 Å². The Morgan fingerprint density at radius 3 is 2.67 bits per heavy atom. The molecule has 140 valence electrons. The van der Waals surface area contributed by atoms with Crippen LogP contribution in [0.2, 0.25) is 0 Å². The number of esters is 1. The van der Waals surface area contributed by atoms with E-state index in [4.69, 9.17) is 26.2 Å². The van der Waals surface area contributed by atoms with Crippen LogP contribution in [-0.2, 0) is 11.2 Å². The molecule has 0 bridgehead atoms. The highest BCUT2D eigenvalue weighted by Crippen LogP contribution is 2.48. The number of fused-ring (bicyclic) bond motifs is 2. The average Bonchev–Trinajstić information content (AvgIpc) is 2.60. The second-order valence-corrected chi connectivity index (χ2v) is 5.43. The summed E-state index contributed by atoms with van der Waals surface area (Å²) in [6.45, 7) is 0. The molecule has 0 saturated heterocycles. The maximum absolute atomic E-state index is 12.6. The molecular weight excluding hydrogens is 369 g/mol.